The van der Waals surface area contributed by atoms with Crippen LogP contribution in [0.3, 0.4) is 0 Å². The molecule has 0 amide bonds. The number of aliphatic imine (C=N–C) groups is 1. The average Bonchev–Trinajstić information content (AvgIpc) is 3.16. The largest absolute Gasteiger partial charge is 0.469 e. The zero-order valence-corrected chi connectivity index (χ0v) is 19.3. The van der Waals surface area contributed by atoms with Gasteiger partial charge < -0.3 is 15.9 Å². The van der Waals surface area contributed by atoms with Crippen LogP contribution < -0.4 is 15.9 Å². The fourth-order valence-electron chi connectivity index (χ4n) is 3.87. The quantitative estimate of drug-likeness (QED) is 0.336. The first kappa shape index (κ1) is 22.2. The topological polar surface area (TPSA) is 102 Å². The summed E-state index contributed by atoms with van der Waals surface area (Å²) in [6.07, 6.45) is 5.12. The van der Waals surface area contributed by atoms with Gasteiger partial charge >= 0.3 is 0 Å². The maximum Gasteiger partial charge on any atom is 0.201 e. The molecule has 4 rings (SSSR count). The van der Waals surface area contributed by atoms with E-state index < -0.39 is 0 Å². The molecule has 0 bridgehead atoms. The molecule has 4 heterocycles. The molecule has 0 aliphatic carbocycles. The Morgan fingerprint density at radius 3 is 2.72 bits per heavy atom. The second-order valence-electron chi connectivity index (χ2n) is 8.05. The van der Waals surface area contributed by atoms with Gasteiger partial charge in [0, 0.05) is 17.8 Å². The summed E-state index contributed by atoms with van der Waals surface area (Å²) < 4.78 is 8.04. The van der Waals surface area contributed by atoms with Gasteiger partial charge in [-0.25, -0.2) is 4.98 Å². The lowest BCUT2D eigenvalue weighted by atomic mass is 10.0. The average molecular weight is 454 g/mol. The predicted molar refractivity (Wildman–Crippen MR) is 128 cm³/mol. The van der Waals surface area contributed by atoms with E-state index >= 15 is 0 Å². The summed E-state index contributed by atoms with van der Waals surface area (Å²) in [4.78, 5) is 13.8. The zero-order chi connectivity index (χ0) is 22.7. The monoisotopic (exact) mass is 453 g/mol. The van der Waals surface area contributed by atoms with Crippen molar-refractivity contribution in [2.45, 2.75) is 45.8 Å². The van der Waals surface area contributed by atoms with Crippen LogP contribution in [0.5, 0.6) is 5.88 Å². The van der Waals surface area contributed by atoms with Crippen LogP contribution in [0.1, 0.15) is 49.6 Å². The number of hydrogen-bond acceptors (Lipinski definition) is 7. The predicted octanol–water partition coefficient (Wildman–Crippen LogP) is 3.71. The fraction of sp³-hybridized carbons (Fsp3) is 0.391. The molecule has 3 aromatic heterocycles. The van der Waals surface area contributed by atoms with Gasteiger partial charge in [0.1, 0.15) is 22.6 Å². The molecule has 9 heteroatoms. The highest BCUT2D eigenvalue weighted by atomic mass is 35.5. The van der Waals surface area contributed by atoms with Gasteiger partial charge in [-0.2, -0.15) is 5.10 Å². The first-order valence-electron chi connectivity index (χ1n) is 10.8. The minimum Gasteiger partial charge on any atom is -0.469 e. The summed E-state index contributed by atoms with van der Waals surface area (Å²) in [7, 11) is 0. The van der Waals surface area contributed by atoms with Gasteiger partial charge in [0.25, 0.3) is 0 Å². The normalized spacial score (nSPS) is 17.0. The van der Waals surface area contributed by atoms with Crippen molar-refractivity contribution in [1.29, 1.82) is 0 Å². The van der Waals surface area contributed by atoms with Gasteiger partial charge in [0.05, 0.1) is 23.6 Å². The molecule has 0 radical (unpaired) electrons. The summed E-state index contributed by atoms with van der Waals surface area (Å²) in [6, 6.07) is 8.00. The van der Waals surface area contributed by atoms with Crippen molar-refractivity contribution in [3.8, 4) is 5.88 Å². The minimum absolute atomic E-state index is 0.265. The fourth-order valence-corrected chi connectivity index (χ4v) is 4.09. The molecule has 0 aromatic carbocycles. The van der Waals surface area contributed by atoms with Crippen molar-refractivity contribution in [2.24, 2.45) is 15.9 Å². The Morgan fingerprint density at radius 1 is 1.25 bits per heavy atom. The molecule has 1 unspecified atom stereocenters. The molecule has 1 saturated heterocycles. The third-order valence-corrected chi connectivity index (χ3v) is 5.88. The number of rotatable bonds is 6. The molecule has 0 spiro atoms. The molecule has 8 nitrogen and oxygen atoms in total. The Balaban J connectivity index is 1.69. The lowest BCUT2D eigenvalue weighted by Crippen LogP contribution is -2.31. The smallest absolute Gasteiger partial charge is 0.201 e. The van der Waals surface area contributed by atoms with Crippen LogP contribution in [0.15, 0.2) is 46.8 Å². The molecule has 32 heavy (non-hydrogen) atoms. The van der Waals surface area contributed by atoms with Crippen LogP contribution in [-0.4, -0.2) is 44.9 Å². The summed E-state index contributed by atoms with van der Waals surface area (Å²) in [5.74, 6) is 6.34. The Hall–Kier alpha value is -2.97. The molecule has 1 fully saturated rings. The highest BCUT2D eigenvalue weighted by Crippen LogP contribution is 2.27. The van der Waals surface area contributed by atoms with Crippen molar-refractivity contribution in [3.05, 3.63) is 58.6 Å². The zero-order valence-electron chi connectivity index (χ0n) is 18.5. The van der Waals surface area contributed by atoms with Crippen LogP contribution in [0.25, 0.3) is 5.65 Å². The highest BCUT2D eigenvalue weighted by Gasteiger charge is 2.19. The van der Waals surface area contributed by atoms with Crippen molar-refractivity contribution in [2.75, 3.05) is 13.1 Å². The lowest BCUT2D eigenvalue weighted by Gasteiger charge is -2.20. The van der Waals surface area contributed by atoms with E-state index in [0.29, 0.717) is 22.4 Å². The number of pyridine rings is 2. The third-order valence-electron chi connectivity index (χ3n) is 5.61. The van der Waals surface area contributed by atoms with Crippen LogP contribution in [0, 0.1) is 6.92 Å². The van der Waals surface area contributed by atoms with Crippen LogP contribution in [0.4, 0.5) is 0 Å². The second-order valence-corrected chi connectivity index (χ2v) is 8.44. The summed E-state index contributed by atoms with van der Waals surface area (Å²) in [5, 5.41) is 7.87. The Bertz CT molecular complexity index is 1150. The van der Waals surface area contributed by atoms with E-state index in [-0.39, 0.29) is 12.1 Å². The molecule has 1 aliphatic heterocycles. The van der Waals surface area contributed by atoms with Crippen LogP contribution in [-0.2, 0) is 0 Å². The van der Waals surface area contributed by atoms with E-state index in [2.05, 4.69) is 20.4 Å². The number of hydrogen-bond donors (Lipinski definition) is 2. The summed E-state index contributed by atoms with van der Waals surface area (Å²) in [6.45, 7) is 7.83. The van der Waals surface area contributed by atoms with Gasteiger partial charge in [-0.1, -0.05) is 17.7 Å². The molecule has 3 N–H and O–H groups in total. The van der Waals surface area contributed by atoms with E-state index in [1.807, 2.05) is 51.2 Å². The van der Waals surface area contributed by atoms with Crippen LogP contribution >= 0.6 is 11.6 Å². The van der Waals surface area contributed by atoms with E-state index in [1.165, 1.54) is 0 Å². The molecule has 168 valence electrons. The van der Waals surface area contributed by atoms with Gasteiger partial charge in [-0.15, -0.1) is 0 Å². The number of hydrazone groups is 1. The number of halogens is 1. The maximum absolute atomic E-state index is 6.41. The van der Waals surface area contributed by atoms with E-state index in [9.17, 15) is 0 Å². The number of piperidine rings is 1. The maximum atomic E-state index is 6.41. The first-order valence-corrected chi connectivity index (χ1v) is 11.1. The van der Waals surface area contributed by atoms with Crippen molar-refractivity contribution >= 4 is 28.7 Å². The Morgan fingerprint density at radius 2 is 2.03 bits per heavy atom. The number of imidazole rings is 1. The Labute approximate surface area is 192 Å². The first-order chi connectivity index (χ1) is 15.5. The molecule has 3 aromatic rings. The third kappa shape index (κ3) is 4.76. The van der Waals surface area contributed by atoms with Crippen LogP contribution in [0.2, 0.25) is 5.15 Å². The number of fused-ring (bicyclic) bond motifs is 1. The molecular weight excluding hydrogens is 426 g/mol. The van der Waals surface area contributed by atoms with Crippen molar-refractivity contribution in [1.82, 2.24) is 19.7 Å². The molecule has 1 aliphatic rings. The number of aromatic nitrogens is 3. The summed E-state index contributed by atoms with van der Waals surface area (Å²) in [5.41, 5.74) is 4.73. The number of nitrogens with one attached hydrogen (secondary N) is 1. The van der Waals surface area contributed by atoms with Gasteiger partial charge in [-0.3, -0.25) is 14.4 Å². The van der Waals surface area contributed by atoms with Crippen molar-refractivity contribution < 1.29 is 4.74 Å². The molecule has 1 atom stereocenters. The lowest BCUT2D eigenvalue weighted by molar-refractivity contribution is 0.210. The van der Waals surface area contributed by atoms with E-state index in [4.69, 9.17) is 27.2 Å². The second kappa shape index (κ2) is 9.67. The van der Waals surface area contributed by atoms with Gasteiger partial charge in [-0.05, 0) is 64.4 Å². The van der Waals surface area contributed by atoms with E-state index in [1.54, 1.807) is 10.6 Å². The number of ether oxygens (including phenoxy) is 1. The van der Waals surface area contributed by atoms with Gasteiger partial charge in [0.15, 0.2) is 0 Å². The van der Waals surface area contributed by atoms with E-state index in [0.717, 1.165) is 48.5 Å². The molecular formula is C23H28ClN7O. The highest BCUT2D eigenvalue weighted by molar-refractivity contribution is 6.47. The number of nitrogens with two attached hydrogens (primary N) is 1. The molecule has 0 saturated carbocycles. The van der Waals surface area contributed by atoms with Gasteiger partial charge in [0.2, 0.25) is 5.88 Å². The number of nitrogens with zero attached hydrogens (tertiary/aromatic N) is 5. The number of aryl methyl sites for hydroxylation is 1. The van der Waals surface area contributed by atoms with Crippen molar-refractivity contribution in [3.63, 3.8) is 0 Å². The minimum atomic E-state index is -0.296. The SMILES string of the molecule is CC(=NC1CCNCC1)/C(=N\N)c1cc(OC(C)c2ccc(C)cn2)n2c(Cl)cnc2c1. The standard InChI is InChI=1S/C23H28ClN7O/c1-14-4-5-19(27-12-14)16(3)32-22-11-17(10-21-28-13-20(24)31(21)22)23(30-25)15(2)29-18-6-8-26-9-7-18/h4-5,10-13,16,18,26H,6-9,25H2,1-3H3/b29-15?,30-23+. The Kier molecular flexibility index (Phi) is 6.72. The summed E-state index contributed by atoms with van der Waals surface area (Å²) >= 11 is 6.41.